The summed E-state index contributed by atoms with van der Waals surface area (Å²) in [6.07, 6.45) is 14.1. The molecule has 3 nitrogen and oxygen atoms in total. The third kappa shape index (κ3) is 8.76. The molecule has 0 aliphatic heterocycles. The van der Waals surface area contributed by atoms with Crippen LogP contribution in [-0.4, -0.2) is 16.6 Å². The number of hydrogen-bond donors (Lipinski definition) is 2. The van der Waals surface area contributed by atoms with Crippen molar-refractivity contribution in [1.82, 2.24) is 9.55 Å². The number of hydrogen-bond acceptors (Lipinski definition) is 1. The molecule has 32 heavy (non-hydrogen) atoms. The third-order valence-corrected chi connectivity index (χ3v) is 4.35. The molecule has 0 aliphatic rings. The first-order chi connectivity index (χ1) is 15.5. The Balaban J connectivity index is -0.000000945. The summed E-state index contributed by atoms with van der Waals surface area (Å²) in [6.45, 7) is 30.1. The summed E-state index contributed by atoms with van der Waals surface area (Å²) in [5.74, 6) is 0. The first-order valence-electron chi connectivity index (χ1n) is 11.7. The highest BCUT2D eigenvalue weighted by molar-refractivity contribution is 5.72. The van der Waals surface area contributed by atoms with Crippen molar-refractivity contribution in [2.24, 2.45) is 12.8 Å². The van der Waals surface area contributed by atoms with E-state index in [1.807, 2.05) is 60.6 Å². The molecule has 0 radical (unpaired) electrons. The van der Waals surface area contributed by atoms with Gasteiger partial charge in [0.2, 0.25) is 0 Å². The Hall–Kier alpha value is -2.78. The third-order valence-electron chi connectivity index (χ3n) is 4.35. The number of aromatic amines is 1. The Labute approximate surface area is 198 Å². The molecule has 0 saturated heterocycles. The van der Waals surface area contributed by atoms with Crippen molar-refractivity contribution >= 4 is 30.9 Å². The van der Waals surface area contributed by atoms with Crippen LogP contribution >= 0.6 is 0 Å². The van der Waals surface area contributed by atoms with Crippen LogP contribution in [0.2, 0.25) is 0 Å². The summed E-state index contributed by atoms with van der Waals surface area (Å²) in [7, 11) is 3.59. The van der Waals surface area contributed by atoms with Crippen molar-refractivity contribution in [3.63, 3.8) is 0 Å². The standard InChI is InChI=1S/C22H26N2.3C2H6.CH5N/c1-8-11-13-19-16(5)23-17(6)20(19)14-22-15(4)18(10-3)21(12-9-2)24(22)7;4*1-2/h8-14,23H,1,3,6H2,2,4-5,7H3;3*1-2H3;2H2,1H3/b12-9-,13-11-,20-14+;;;;. The first kappa shape index (κ1) is 33.8. The van der Waals surface area contributed by atoms with E-state index in [1.54, 1.807) is 6.08 Å². The van der Waals surface area contributed by atoms with E-state index in [0.717, 1.165) is 33.2 Å². The van der Waals surface area contributed by atoms with Gasteiger partial charge in [-0.15, -0.1) is 0 Å². The summed E-state index contributed by atoms with van der Waals surface area (Å²) in [6, 6.07) is 0. The molecule has 0 amide bonds. The monoisotopic (exact) mass is 439 g/mol. The zero-order valence-electron chi connectivity index (χ0n) is 22.7. The minimum absolute atomic E-state index is 0.921. The van der Waals surface area contributed by atoms with Crippen LogP contribution in [0.4, 0.5) is 0 Å². The maximum Gasteiger partial charge on any atom is 0.0481 e. The predicted octanol–water partition coefficient (Wildman–Crippen LogP) is 6.74. The molecule has 3 N–H and O–H groups in total. The van der Waals surface area contributed by atoms with Gasteiger partial charge < -0.3 is 15.3 Å². The van der Waals surface area contributed by atoms with E-state index in [-0.39, 0.29) is 0 Å². The van der Waals surface area contributed by atoms with Crippen molar-refractivity contribution in [2.75, 3.05) is 7.05 Å². The van der Waals surface area contributed by atoms with E-state index >= 15 is 0 Å². The maximum absolute atomic E-state index is 4.50. The summed E-state index contributed by atoms with van der Waals surface area (Å²) in [5, 5.41) is 2.03. The van der Waals surface area contributed by atoms with E-state index in [2.05, 4.69) is 80.2 Å². The Morgan fingerprint density at radius 2 is 1.41 bits per heavy atom. The highest BCUT2D eigenvalue weighted by Crippen LogP contribution is 2.24. The van der Waals surface area contributed by atoms with Gasteiger partial charge in [0.15, 0.2) is 0 Å². The summed E-state index contributed by atoms with van der Waals surface area (Å²) < 4.78 is 2.20. The Kier molecular flexibility index (Phi) is 21.3. The highest BCUT2D eigenvalue weighted by atomic mass is 15.0. The number of H-pyrrole nitrogens is 1. The number of aromatic nitrogens is 2. The molecule has 2 aromatic rings. The quantitative estimate of drug-likeness (QED) is 0.498. The van der Waals surface area contributed by atoms with Crippen LogP contribution in [0.5, 0.6) is 0 Å². The molecule has 0 fully saturated rings. The molecule has 0 atom stereocenters. The SMILES string of the molecule is C=C/C=C\c1c(C)[nH]c(=C)/c1=C\c1c(C)c(C=C)c(/C=C\C)n1C.CC.CC.CC.CN. The zero-order valence-corrected chi connectivity index (χ0v) is 22.7. The van der Waals surface area contributed by atoms with Gasteiger partial charge in [0, 0.05) is 45.8 Å². The van der Waals surface area contributed by atoms with Crippen LogP contribution in [0.1, 0.15) is 82.2 Å². The van der Waals surface area contributed by atoms with E-state index in [4.69, 9.17) is 0 Å². The predicted molar refractivity (Wildman–Crippen MR) is 152 cm³/mol. The largest absolute Gasteiger partial charge is 0.359 e. The molecular weight excluding hydrogens is 390 g/mol. The van der Waals surface area contributed by atoms with Gasteiger partial charge >= 0.3 is 0 Å². The van der Waals surface area contributed by atoms with E-state index < -0.39 is 0 Å². The maximum atomic E-state index is 4.50. The topological polar surface area (TPSA) is 46.7 Å². The van der Waals surface area contributed by atoms with Crippen molar-refractivity contribution in [2.45, 2.75) is 62.3 Å². The molecule has 180 valence electrons. The van der Waals surface area contributed by atoms with Crippen molar-refractivity contribution in [3.8, 4) is 0 Å². The van der Waals surface area contributed by atoms with Crippen molar-refractivity contribution in [1.29, 1.82) is 0 Å². The second-order valence-electron chi connectivity index (χ2n) is 5.87. The second kappa shape index (κ2) is 20.1. The number of nitrogens with two attached hydrogens (primary N) is 1. The number of allylic oxidation sites excluding steroid dienone is 3. The summed E-state index contributed by atoms with van der Waals surface area (Å²) in [5.41, 5.74) is 11.5. The van der Waals surface area contributed by atoms with Gasteiger partial charge in [-0.25, -0.2) is 0 Å². The van der Waals surface area contributed by atoms with Crippen LogP contribution in [0.15, 0.2) is 31.4 Å². The summed E-state index contributed by atoms with van der Waals surface area (Å²) in [4.78, 5) is 3.33. The molecule has 3 heteroatoms. The molecule has 0 unspecified atom stereocenters. The molecule has 0 aromatic carbocycles. The van der Waals surface area contributed by atoms with Gasteiger partial charge in [0.25, 0.3) is 0 Å². The van der Waals surface area contributed by atoms with Gasteiger partial charge in [-0.1, -0.05) is 91.7 Å². The van der Waals surface area contributed by atoms with Crippen LogP contribution in [0.25, 0.3) is 30.9 Å². The lowest BCUT2D eigenvalue weighted by Gasteiger charge is -2.02. The van der Waals surface area contributed by atoms with Gasteiger partial charge in [-0.2, -0.15) is 0 Å². The smallest absolute Gasteiger partial charge is 0.0481 e. The van der Waals surface area contributed by atoms with E-state index in [0.29, 0.717) is 0 Å². The highest BCUT2D eigenvalue weighted by Gasteiger charge is 2.13. The van der Waals surface area contributed by atoms with Crippen LogP contribution in [-0.2, 0) is 7.05 Å². The first-order valence-corrected chi connectivity index (χ1v) is 11.7. The van der Waals surface area contributed by atoms with Gasteiger partial charge in [0.1, 0.15) is 0 Å². The molecule has 2 rings (SSSR count). The number of rotatable bonds is 5. The Morgan fingerprint density at radius 1 is 0.875 bits per heavy atom. The van der Waals surface area contributed by atoms with Gasteiger partial charge in [-0.05, 0) is 45.5 Å². The minimum atomic E-state index is 0.921. The van der Waals surface area contributed by atoms with E-state index in [1.165, 1.54) is 18.2 Å². The Bertz CT molecular complexity index is 948. The molecule has 2 aromatic heterocycles. The minimum Gasteiger partial charge on any atom is -0.359 e. The lowest BCUT2D eigenvalue weighted by atomic mass is 10.1. The fourth-order valence-electron chi connectivity index (χ4n) is 3.12. The zero-order chi connectivity index (χ0) is 25.9. The van der Waals surface area contributed by atoms with Gasteiger partial charge in [0.05, 0.1) is 0 Å². The average Bonchev–Trinajstić information content (AvgIpc) is 3.24. The number of nitrogens with zero attached hydrogens (tertiary/aromatic N) is 1. The van der Waals surface area contributed by atoms with Crippen LogP contribution in [0, 0.1) is 13.8 Å². The molecule has 0 saturated carbocycles. The number of nitrogens with one attached hydrogen (secondary N) is 1. The Morgan fingerprint density at radius 3 is 1.84 bits per heavy atom. The van der Waals surface area contributed by atoms with Crippen LogP contribution < -0.4 is 16.3 Å². The fraction of sp³-hybridized carbons (Fsp3) is 0.379. The van der Waals surface area contributed by atoms with Crippen LogP contribution in [0.3, 0.4) is 0 Å². The molecular formula is C29H49N3. The fourth-order valence-corrected chi connectivity index (χ4v) is 3.12. The van der Waals surface area contributed by atoms with Gasteiger partial charge in [-0.3, -0.25) is 0 Å². The molecule has 0 spiro atoms. The van der Waals surface area contributed by atoms with Crippen molar-refractivity contribution < 1.29 is 0 Å². The van der Waals surface area contributed by atoms with Crippen molar-refractivity contribution in [3.05, 3.63) is 75.7 Å². The normalized spacial score (nSPS) is 10.2. The lowest BCUT2D eigenvalue weighted by molar-refractivity contribution is 0.897. The molecule has 0 aliphatic carbocycles. The molecule has 0 bridgehead atoms. The second-order valence-corrected chi connectivity index (χ2v) is 5.87. The lowest BCUT2D eigenvalue weighted by Crippen LogP contribution is -2.23. The summed E-state index contributed by atoms with van der Waals surface area (Å²) >= 11 is 0. The van der Waals surface area contributed by atoms with E-state index in [9.17, 15) is 0 Å². The average molecular weight is 440 g/mol. The molecule has 2 heterocycles. The number of aryl methyl sites for hydroxylation is 1.